The van der Waals surface area contributed by atoms with Gasteiger partial charge in [-0.3, -0.25) is 5.41 Å². The van der Waals surface area contributed by atoms with Gasteiger partial charge in [0, 0.05) is 12.7 Å². The molecule has 0 aliphatic rings. The molecule has 1 aromatic rings. The molecular weight excluding hydrogens is 235 g/mol. The maximum Gasteiger partial charge on any atom is 0.430 e. The number of alkyl halides is 3. The zero-order valence-electron chi connectivity index (χ0n) is 9.34. The van der Waals surface area contributed by atoms with E-state index in [-0.39, 0.29) is 5.56 Å². The summed E-state index contributed by atoms with van der Waals surface area (Å²) in [6.45, 7) is 0. The van der Waals surface area contributed by atoms with E-state index < -0.39 is 17.7 Å². The van der Waals surface area contributed by atoms with Gasteiger partial charge in [-0.15, -0.1) is 0 Å². The van der Waals surface area contributed by atoms with E-state index >= 15 is 0 Å². The monoisotopic (exact) mass is 247 g/mol. The summed E-state index contributed by atoms with van der Waals surface area (Å²) in [5.74, 6) is -1.00. The number of ether oxygens (including phenoxy) is 2. The maximum atomic E-state index is 13.2. The molecule has 0 aliphatic heterocycles. The molecule has 0 saturated carbocycles. The van der Waals surface area contributed by atoms with Gasteiger partial charge < -0.3 is 9.47 Å². The molecule has 0 saturated heterocycles. The summed E-state index contributed by atoms with van der Waals surface area (Å²) in [6.07, 6.45) is -4.78. The number of hydrogen-bond acceptors (Lipinski definition) is 3. The predicted molar refractivity (Wildman–Crippen MR) is 55.9 cm³/mol. The number of nitrogens with one attached hydrogen (secondary N) is 1. The highest BCUT2D eigenvalue weighted by Gasteiger charge is 2.61. The van der Waals surface area contributed by atoms with Crippen molar-refractivity contribution < 1.29 is 22.6 Å². The van der Waals surface area contributed by atoms with Crippen LogP contribution < -0.4 is 0 Å². The highest BCUT2D eigenvalue weighted by molar-refractivity contribution is 5.85. The Morgan fingerprint density at radius 2 is 1.65 bits per heavy atom. The Bertz CT molecular complexity index is 391. The van der Waals surface area contributed by atoms with Crippen molar-refractivity contribution in [2.75, 3.05) is 14.2 Å². The van der Waals surface area contributed by atoms with Crippen molar-refractivity contribution in [2.45, 2.75) is 11.8 Å². The molecule has 1 unspecified atom stereocenters. The van der Waals surface area contributed by atoms with E-state index in [2.05, 4.69) is 9.47 Å². The smallest absolute Gasteiger partial charge is 0.430 e. The summed E-state index contributed by atoms with van der Waals surface area (Å²) < 4.78 is 48.5. The molecule has 17 heavy (non-hydrogen) atoms. The lowest BCUT2D eigenvalue weighted by atomic mass is 9.92. The van der Waals surface area contributed by atoms with Crippen LogP contribution in [0.2, 0.25) is 0 Å². The second kappa shape index (κ2) is 4.75. The lowest BCUT2D eigenvalue weighted by Gasteiger charge is -2.33. The molecule has 0 bridgehead atoms. The molecule has 0 aliphatic carbocycles. The first-order valence-corrected chi connectivity index (χ1v) is 4.70. The van der Waals surface area contributed by atoms with Crippen LogP contribution in [-0.2, 0) is 15.1 Å². The van der Waals surface area contributed by atoms with Crippen molar-refractivity contribution in [3.05, 3.63) is 35.9 Å². The number of benzene rings is 1. The standard InChI is InChI=1S/C11H12F3NO2/c1-16-9(15)10(17-2,11(12,13)14)8-6-4-3-5-7-8/h3-7,15H,1-2H3. The van der Waals surface area contributed by atoms with Crippen molar-refractivity contribution in [1.82, 2.24) is 0 Å². The fraction of sp³-hybridized carbons (Fsp3) is 0.364. The van der Waals surface area contributed by atoms with Crippen LogP contribution in [0.5, 0.6) is 0 Å². The van der Waals surface area contributed by atoms with Crippen LogP contribution in [-0.4, -0.2) is 26.3 Å². The Morgan fingerprint density at radius 3 is 2.00 bits per heavy atom. The highest BCUT2D eigenvalue weighted by atomic mass is 19.4. The highest BCUT2D eigenvalue weighted by Crippen LogP contribution is 2.42. The van der Waals surface area contributed by atoms with Gasteiger partial charge in [-0.1, -0.05) is 30.3 Å². The van der Waals surface area contributed by atoms with E-state index in [0.29, 0.717) is 0 Å². The molecule has 0 spiro atoms. The molecule has 0 aromatic heterocycles. The van der Waals surface area contributed by atoms with E-state index in [9.17, 15) is 13.2 Å². The van der Waals surface area contributed by atoms with Crippen LogP contribution >= 0.6 is 0 Å². The second-order valence-electron chi connectivity index (χ2n) is 3.28. The van der Waals surface area contributed by atoms with Crippen molar-refractivity contribution in [3.63, 3.8) is 0 Å². The van der Waals surface area contributed by atoms with Crippen LogP contribution in [0.15, 0.2) is 30.3 Å². The van der Waals surface area contributed by atoms with E-state index in [1.807, 2.05) is 0 Å². The van der Waals surface area contributed by atoms with Crippen molar-refractivity contribution in [3.8, 4) is 0 Å². The summed E-state index contributed by atoms with van der Waals surface area (Å²) in [7, 11) is 1.90. The Morgan fingerprint density at radius 1 is 1.12 bits per heavy atom. The zero-order valence-corrected chi connectivity index (χ0v) is 9.34. The third-order valence-corrected chi connectivity index (χ3v) is 2.41. The van der Waals surface area contributed by atoms with Gasteiger partial charge in [0.2, 0.25) is 5.90 Å². The van der Waals surface area contributed by atoms with Gasteiger partial charge >= 0.3 is 6.18 Å². The average Bonchev–Trinajstić information content (AvgIpc) is 2.30. The first kappa shape index (κ1) is 13.5. The third kappa shape index (κ3) is 2.12. The number of rotatable bonds is 3. The SMILES string of the molecule is COC(=N)C(OC)(c1ccccc1)C(F)(F)F. The third-order valence-electron chi connectivity index (χ3n) is 2.41. The Balaban J connectivity index is 3.43. The minimum absolute atomic E-state index is 0.193. The maximum absolute atomic E-state index is 13.2. The van der Waals surface area contributed by atoms with E-state index in [1.54, 1.807) is 6.07 Å². The number of methoxy groups -OCH3 is 2. The number of halogens is 3. The van der Waals surface area contributed by atoms with Crippen LogP contribution in [0.1, 0.15) is 5.56 Å². The summed E-state index contributed by atoms with van der Waals surface area (Å²) in [4.78, 5) is 0. The zero-order chi connectivity index (χ0) is 13.1. The van der Waals surface area contributed by atoms with Gasteiger partial charge in [-0.2, -0.15) is 13.2 Å². The second-order valence-corrected chi connectivity index (χ2v) is 3.28. The van der Waals surface area contributed by atoms with E-state index in [0.717, 1.165) is 14.2 Å². The number of hydrogen-bond donors (Lipinski definition) is 1. The summed E-state index contributed by atoms with van der Waals surface area (Å²) in [5.41, 5.74) is -3.05. The fourth-order valence-electron chi connectivity index (χ4n) is 1.57. The van der Waals surface area contributed by atoms with Gasteiger partial charge in [-0.25, -0.2) is 0 Å². The lowest BCUT2D eigenvalue weighted by Crippen LogP contribution is -2.51. The van der Waals surface area contributed by atoms with Crippen molar-refractivity contribution in [2.24, 2.45) is 0 Å². The molecule has 0 fully saturated rings. The molecule has 1 rings (SSSR count). The largest absolute Gasteiger partial charge is 0.482 e. The average molecular weight is 247 g/mol. The molecule has 1 atom stereocenters. The summed E-state index contributed by atoms with van der Waals surface area (Å²) in [6, 6.07) is 6.95. The van der Waals surface area contributed by atoms with Crippen molar-refractivity contribution >= 4 is 5.90 Å². The van der Waals surface area contributed by atoms with Gasteiger partial charge in [0.1, 0.15) is 0 Å². The van der Waals surface area contributed by atoms with Gasteiger partial charge in [0.25, 0.3) is 5.60 Å². The molecule has 1 aromatic carbocycles. The van der Waals surface area contributed by atoms with Gasteiger partial charge in [0.15, 0.2) is 0 Å². The molecule has 94 valence electrons. The van der Waals surface area contributed by atoms with Crippen LogP contribution in [0.25, 0.3) is 0 Å². The first-order valence-electron chi connectivity index (χ1n) is 4.70. The normalized spacial score (nSPS) is 15.1. The molecule has 0 amide bonds. The molecule has 1 N–H and O–H groups in total. The van der Waals surface area contributed by atoms with Gasteiger partial charge in [0.05, 0.1) is 7.11 Å². The topological polar surface area (TPSA) is 42.3 Å². The van der Waals surface area contributed by atoms with Crippen molar-refractivity contribution in [1.29, 1.82) is 5.41 Å². The van der Waals surface area contributed by atoms with Crippen LogP contribution in [0, 0.1) is 5.41 Å². The lowest BCUT2D eigenvalue weighted by molar-refractivity contribution is -0.251. The summed E-state index contributed by atoms with van der Waals surface area (Å²) in [5, 5.41) is 7.37. The minimum Gasteiger partial charge on any atom is -0.482 e. The summed E-state index contributed by atoms with van der Waals surface area (Å²) >= 11 is 0. The molecule has 0 heterocycles. The van der Waals surface area contributed by atoms with Crippen LogP contribution in [0.4, 0.5) is 13.2 Å². The molecular formula is C11H12F3NO2. The molecule has 6 heteroatoms. The Kier molecular flexibility index (Phi) is 3.77. The van der Waals surface area contributed by atoms with Gasteiger partial charge in [-0.05, 0) is 0 Å². The molecule has 3 nitrogen and oxygen atoms in total. The fourth-order valence-corrected chi connectivity index (χ4v) is 1.57. The Labute approximate surface area is 96.7 Å². The predicted octanol–water partition coefficient (Wildman–Crippen LogP) is 2.71. The van der Waals surface area contributed by atoms with Crippen LogP contribution in [0.3, 0.4) is 0 Å². The first-order chi connectivity index (χ1) is 7.90. The Hall–Kier alpha value is -1.56. The molecule has 0 radical (unpaired) electrons. The minimum atomic E-state index is -4.78. The quantitative estimate of drug-likeness (QED) is 0.659. The van der Waals surface area contributed by atoms with E-state index in [1.165, 1.54) is 24.3 Å². The van der Waals surface area contributed by atoms with E-state index in [4.69, 9.17) is 5.41 Å².